The van der Waals surface area contributed by atoms with E-state index in [2.05, 4.69) is 21.0 Å². The van der Waals surface area contributed by atoms with Crippen LogP contribution in [0.3, 0.4) is 0 Å². The zero-order valence-electron chi connectivity index (χ0n) is 20.3. The van der Waals surface area contributed by atoms with E-state index in [-0.39, 0.29) is 5.56 Å². The standard InChI is InChI=1S/C27H30N4O4/c1-17-18(2)26(32)31(19(3)27(33)34)23-9-8-20(16-22(17)23)10-11-29-12-14-30(15-13-29)25-21-6-4-5-7-24(21)35-28-25/h4-9,16,19H,10-15H2,1-3H3,(H,33,34). The fraction of sp³-hybridized carbons (Fsp3) is 0.370. The summed E-state index contributed by atoms with van der Waals surface area (Å²) < 4.78 is 6.87. The number of aryl methyl sites for hydroxylation is 1. The predicted molar refractivity (Wildman–Crippen MR) is 136 cm³/mol. The highest BCUT2D eigenvalue weighted by Crippen LogP contribution is 2.27. The molecule has 1 fully saturated rings. The van der Waals surface area contributed by atoms with Gasteiger partial charge in [0.2, 0.25) is 0 Å². The van der Waals surface area contributed by atoms with Crippen LogP contribution in [0, 0.1) is 13.8 Å². The molecule has 1 aliphatic heterocycles. The van der Waals surface area contributed by atoms with Gasteiger partial charge in [-0.15, -0.1) is 0 Å². The Hall–Kier alpha value is -3.65. The summed E-state index contributed by atoms with van der Waals surface area (Å²) in [6.45, 7) is 9.87. The molecule has 1 N–H and O–H groups in total. The van der Waals surface area contributed by atoms with Crippen LogP contribution in [-0.2, 0) is 11.2 Å². The van der Waals surface area contributed by atoms with Crippen molar-refractivity contribution in [2.24, 2.45) is 0 Å². The SMILES string of the molecule is Cc1c(C)c2cc(CCN3CCN(c4noc5ccccc45)CC3)ccc2n(C(C)C(=O)O)c1=O. The number of carboxylic acids is 1. The van der Waals surface area contributed by atoms with Gasteiger partial charge in [0.1, 0.15) is 6.04 Å². The number of carboxylic acid groups (broad SMARTS) is 1. The number of aromatic nitrogens is 2. The van der Waals surface area contributed by atoms with E-state index in [9.17, 15) is 14.7 Å². The number of aliphatic carboxylic acids is 1. The number of anilines is 1. The Morgan fingerprint density at radius 1 is 1.06 bits per heavy atom. The van der Waals surface area contributed by atoms with Gasteiger partial charge in [0, 0.05) is 43.7 Å². The highest BCUT2D eigenvalue weighted by molar-refractivity contribution is 5.88. The predicted octanol–water partition coefficient (Wildman–Crippen LogP) is 3.77. The summed E-state index contributed by atoms with van der Waals surface area (Å²) in [4.78, 5) is 29.2. The van der Waals surface area contributed by atoms with Crippen molar-refractivity contribution < 1.29 is 14.4 Å². The van der Waals surface area contributed by atoms with Crippen molar-refractivity contribution in [3.05, 3.63) is 69.5 Å². The number of para-hydroxylation sites is 1. The summed E-state index contributed by atoms with van der Waals surface area (Å²) in [6, 6.07) is 13.0. The van der Waals surface area contributed by atoms with Crippen LogP contribution in [0.25, 0.3) is 21.9 Å². The Morgan fingerprint density at radius 2 is 1.80 bits per heavy atom. The number of pyridine rings is 1. The smallest absolute Gasteiger partial charge is 0.326 e. The topological polar surface area (TPSA) is 91.8 Å². The zero-order chi connectivity index (χ0) is 24.7. The van der Waals surface area contributed by atoms with E-state index >= 15 is 0 Å². The third-order valence-corrected chi connectivity index (χ3v) is 7.32. The van der Waals surface area contributed by atoms with Crippen molar-refractivity contribution >= 4 is 33.7 Å². The first-order valence-corrected chi connectivity index (χ1v) is 12.0. The Bertz CT molecular complexity index is 1460. The van der Waals surface area contributed by atoms with Gasteiger partial charge in [-0.25, -0.2) is 4.79 Å². The molecule has 0 bridgehead atoms. The van der Waals surface area contributed by atoms with Crippen LogP contribution in [0.4, 0.5) is 5.82 Å². The summed E-state index contributed by atoms with van der Waals surface area (Å²) in [7, 11) is 0. The number of carbonyl (C=O) groups is 1. The van der Waals surface area contributed by atoms with E-state index in [1.165, 1.54) is 10.1 Å². The quantitative estimate of drug-likeness (QED) is 0.455. The summed E-state index contributed by atoms with van der Waals surface area (Å²) in [6.07, 6.45) is 0.884. The van der Waals surface area contributed by atoms with Crippen molar-refractivity contribution in [3.63, 3.8) is 0 Å². The largest absolute Gasteiger partial charge is 0.480 e. The fourth-order valence-corrected chi connectivity index (χ4v) is 4.97. The van der Waals surface area contributed by atoms with Crippen LogP contribution in [0.2, 0.25) is 0 Å². The van der Waals surface area contributed by atoms with Crippen LogP contribution in [-0.4, -0.2) is 58.4 Å². The van der Waals surface area contributed by atoms with E-state index in [4.69, 9.17) is 4.52 Å². The number of hydrogen-bond donors (Lipinski definition) is 1. The molecule has 1 aliphatic rings. The van der Waals surface area contributed by atoms with Gasteiger partial charge in [-0.3, -0.25) is 14.3 Å². The van der Waals surface area contributed by atoms with Crippen molar-refractivity contribution in [1.82, 2.24) is 14.6 Å². The molecule has 1 saturated heterocycles. The Morgan fingerprint density at radius 3 is 2.54 bits per heavy atom. The number of nitrogens with zero attached hydrogens (tertiary/aromatic N) is 4. The normalized spacial score (nSPS) is 15.7. The Labute approximate surface area is 203 Å². The summed E-state index contributed by atoms with van der Waals surface area (Å²) in [5.74, 6) is -0.0965. The lowest BCUT2D eigenvalue weighted by atomic mass is 10.0. The third kappa shape index (κ3) is 4.18. The number of fused-ring (bicyclic) bond motifs is 2. The molecule has 5 rings (SSSR count). The summed E-state index contributed by atoms with van der Waals surface area (Å²) in [5.41, 5.74) is 3.93. The van der Waals surface area contributed by atoms with Crippen LogP contribution < -0.4 is 10.5 Å². The van der Waals surface area contributed by atoms with Crippen LogP contribution in [0.5, 0.6) is 0 Å². The molecular formula is C27H30N4O4. The maximum atomic E-state index is 12.8. The minimum atomic E-state index is -1.02. The molecule has 8 nitrogen and oxygen atoms in total. The maximum Gasteiger partial charge on any atom is 0.326 e. The Balaban J connectivity index is 1.29. The minimum Gasteiger partial charge on any atom is -0.480 e. The first-order valence-electron chi connectivity index (χ1n) is 12.0. The van der Waals surface area contributed by atoms with Crippen molar-refractivity contribution in [2.45, 2.75) is 33.2 Å². The third-order valence-electron chi connectivity index (χ3n) is 7.32. The highest BCUT2D eigenvalue weighted by Gasteiger charge is 2.22. The molecule has 0 saturated carbocycles. The average Bonchev–Trinajstić information content (AvgIpc) is 3.31. The molecule has 4 aromatic rings. The summed E-state index contributed by atoms with van der Waals surface area (Å²) >= 11 is 0. The van der Waals surface area contributed by atoms with Crippen LogP contribution in [0.1, 0.15) is 29.7 Å². The maximum absolute atomic E-state index is 12.8. The van der Waals surface area contributed by atoms with Gasteiger partial charge < -0.3 is 14.5 Å². The minimum absolute atomic E-state index is 0.240. The number of rotatable bonds is 6. The molecule has 182 valence electrons. The molecule has 3 heterocycles. The molecule has 0 spiro atoms. The van der Waals surface area contributed by atoms with Crippen LogP contribution >= 0.6 is 0 Å². The molecule has 0 aliphatic carbocycles. The first kappa shape index (κ1) is 23.1. The average molecular weight is 475 g/mol. The highest BCUT2D eigenvalue weighted by atomic mass is 16.5. The molecule has 0 amide bonds. The Kier molecular flexibility index (Phi) is 6.06. The van der Waals surface area contributed by atoms with Gasteiger partial charge in [-0.05, 0) is 62.6 Å². The lowest BCUT2D eigenvalue weighted by Crippen LogP contribution is -2.47. The van der Waals surface area contributed by atoms with Gasteiger partial charge in [-0.1, -0.05) is 23.4 Å². The number of hydrogen-bond acceptors (Lipinski definition) is 6. The molecule has 1 atom stereocenters. The van der Waals surface area contributed by atoms with Gasteiger partial charge in [0.05, 0.1) is 10.9 Å². The molecule has 0 radical (unpaired) electrons. The second kappa shape index (κ2) is 9.19. The number of benzene rings is 2. The van der Waals surface area contributed by atoms with Gasteiger partial charge >= 0.3 is 5.97 Å². The summed E-state index contributed by atoms with van der Waals surface area (Å²) in [5, 5.41) is 15.8. The van der Waals surface area contributed by atoms with Gasteiger partial charge in [0.25, 0.3) is 5.56 Å². The lowest BCUT2D eigenvalue weighted by molar-refractivity contribution is -0.140. The van der Waals surface area contributed by atoms with Crippen LogP contribution in [0.15, 0.2) is 51.8 Å². The second-order valence-electron chi connectivity index (χ2n) is 9.37. The first-order chi connectivity index (χ1) is 16.8. The molecule has 8 heteroatoms. The molecule has 2 aromatic heterocycles. The van der Waals surface area contributed by atoms with E-state index in [1.54, 1.807) is 13.8 Å². The van der Waals surface area contributed by atoms with Gasteiger partial charge in [0.15, 0.2) is 11.4 Å². The molecular weight excluding hydrogens is 444 g/mol. The van der Waals surface area contributed by atoms with Crippen molar-refractivity contribution in [3.8, 4) is 0 Å². The molecule has 35 heavy (non-hydrogen) atoms. The van der Waals surface area contributed by atoms with Crippen molar-refractivity contribution in [2.75, 3.05) is 37.6 Å². The fourth-order valence-electron chi connectivity index (χ4n) is 4.97. The van der Waals surface area contributed by atoms with E-state index in [0.29, 0.717) is 11.1 Å². The monoisotopic (exact) mass is 474 g/mol. The zero-order valence-corrected chi connectivity index (χ0v) is 20.3. The van der Waals surface area contributed by atoms with Gasteiger partial charge in [-0.2, -0.15) is 0 Å². The van der Waals surface area contributed by atoms with E-state index in [1.807, 2.05) is 43.3 Å². The molecule has 2 aromatic carbocycles. The number of piperazine rings is 1. The second-order valence-corrected chi connectivity index (χ2v) is 9.37. The van der Waals surface area contributed by atoms with E-state index in [0.717, 1.165) is 66.9 Å². The lowest BCUT2D eigenvalue weighted by Gasteiger charge is -2.34. The van der Waals surface area contributed by atoms with E-state index < -0.39 is 12.0 Å². The van der Waals surface area contributed by atoms with Crippen molar-refractivity contribution in [1.29, 1.82) is 0 Å². The molecule has 1 unspecified atom stereocenters.